The molecule has 0 aromatic rings. The van der Waals surface area contributed by atoms with Gasteiger partial charge in [0.05, 0.1) is 0 Å². The van der Waals surface area contributed by atoms with Crippen LogP contribution in [0.5, 0.6) is 0 Å². The Bertz CT molecular complexity index is 157. The maximum Gasteiger partial charge on any atom is 0.548 e. The maximum absolute atomic E-state index is 5.65. The molecule has 0 aromatic heterocycles. The number of ether oxygens (including phenoxy) is 1. The molecule has 3 heteroatoms. The largest absolute Gasteiger partial charge is 0.616 e. The minimum Gasteiger partial charge on any atom is -0.616 e. The lowest BCUT2D eigenvalue weighted by Gasteiger charge is -2.24. The van der Waals surface area contributed by atoms with Crippen LogP contribution in [0.25, 0.3) is 0 Å². The van der Waals surface area contributed by atoms with E-state index in [1.165, 1.54) is 0 Å². The zero-order chi connectivity index (χ0) is 10.5. The van der Waals surface area contributed by atoms with Crippen molar-refractivity contribution < 1.29 is 8.53 Å². The SMILES string of the molecule is C=C([O][Al]([CH2]C)[CH2]C)OC(C)(C)C. The van der Waals surface area contributed by atoms with Gasteiger partial charge >= 0.3 is 14.5 Å². The van der Waals surface area contributed by atoms with Crippen molar-refractivity contribution in [3.63, 3.8) is 0 Å². The molecule has 0 aliphatic carbocycles. The fraction of sp³-hybridized carbons (Fsp3) is 0.800. The van der Waals surface area contributed by atoms with Crippen LogP contribution in [0.3, 0.4) is 0 Å². The van der Waals surface area contributed by atoms with Crippen molar-refractivity contribution in [3.05, 3.63) is 12.5 Å². The van der Waals surface area contributed by atoms with Crippen molar-refractivity contribution in [2.75, 3.05) is 0 Å². The third kappa shape index (κ3) is 6.98. The highest BCUT2D eigenvalue weighted by atomic mass is 27.2. The summed E-state index contributed by atoms with van der Waals surface area (Å²) in [6.07, 6.45) is 0. The summed E-state index contributed by atoms with van der Waals surface area (Å²) in [6, 6.07) is 0. The Hall–Kier alpha value is -0.128. The second-order valence-corrected chi connectivity index (χ2v) is 7.26. The molecule has 0 fully saturated rings. The normalized spacial score (nSPS) is 10.8. The molecular formula is C10H21AlO2. The first-order chi connectivity index (χ1) is 5.89. The zero-order valence-electron chi connectivity index (χ0n) is 9.52. The van der Waals surface area contributed by atoms with Gasteiger partial charge in [-0.25, -0.2) is 0 Å². The molecule has 0 N–H and O–H groups in total. The first-order valence-corrected chi connectivity index (χ1v) is 7.04. The Kier molecular flexibility index (Phi) is 5.52. The smallest absolute Gasteiger partial charge is 0.548 e. The first kappa shape index (κ1) is 12.9. The second-order valence-electron chi connectivity index (χ2n) is 4.14. The predicted molar refractivity (Wildman–Crippen MR) is 57.8 cm³/mol. The molecule has 0 unspecified atom stereocenters. The molecule has 0 saturated heterocycles. The van der Waals surface area contributed by atoms with Crippen LogP contribution in [0.2, 0.25) is 10.6 Å². The lowest BCUT2D eigenvalue weighted by Crippen LogP contribution is -2.23. The van der Waals surface area contributed by atoms with Crippen molar-refractivity contribution in [1.82, 2.24) is 0 Å². The van der Waals surface area contributed by atoms with Gasteiger partial charge in [-0.15, -0.1) is 0 Å². The van der Waals surface area contributed by atoms with Crippen LogP contribution in [0.15, 0.2) is 12.5 Å². The minimum atomic E-state index is -1.06. The topological polar surface area (TPSA) is 18.5 Å². The summed E-state index contributed by atoms with van der Waals surface area (Å²) < 4.78 is 11.1. The molecule has 0 aromatic carbocycles. The number of hydrogen-bond acceptors (Lipinski definition) is 2. The summed E-state index contributed by atoms with van der Waals surface area (Å²) in [7, 11) is 0. The highest BCUT2D eigenvalue weighted by Gasteiger charge is 2.21. The van der Waals surface area contributed by atoms with Crippen molar-refractivity contribution in [2.45, 2.75) is 50.8 Å². The molecule has 0 bridgehead atoms. The zero-order valence-corrected chi connectivity index (χ0v) is 10.7. The molecular weight excluding hydrogens is 179 g/mol. The quantitative estimate of drug-likeness (QED) is 0.500. The van der Waals surface area contributed by atoms with E-state index in [2.05, 4.69) is 20.4 Å². The standard InChI is InChI=1S/C6H12O2.2C2H5.Al/c1-5(7)8-6(2,3)4;2*1-2;/h7H,1H2,2-4H3;2*1H2,2H3;/q;;;+1/p-1. The molecule has 0 aliphatic heterocycles. The highest BCUT2D eigenvalue weighted by molar-refractivity contribution is 6.51. The minimum absolute atomic E-state index is 0.197. The summed E-state index contributed by atoms with van der Waals surface area (Å²) in [5.74, 6) is 0.493. The van der Waals surface area contributed by atoms with Gasteiger partial charge in [0.15, 0.2) is 0 Å². The average molecular weight is 200 g/mol. The van der Waals surface area contributed by atoms with Crippen LogP contribution in [0, 0.1) is 0 Å². The van der Waals surface area contributed by atoms with Crippen LogP contribution in [-0.4, -0.2) is 20.1 Å². The average Bonchev–Trinajstić information content (AvgIpc) is 1.96. The van der Waals surface area contributed by atoms with Crippen LogP contribution in [0.1, 0.15) is 34.6 Å². The molecule has 0 rings (SSSR count). The van der Waals surface area contributed by atoms with E-state index in [0.717, 1.165) is 10.6 Å². The lowest BCUT2D eigenvalue weighted by atomic mass is 10.2. The van der Waals surface area contributed by atoms with E-state index in [0.29, 0.717) is 5.95 Å². The molecule has 0 amide bonds. The van der Waals surface area contributed by atoms with E-state index >= 15 is 0 Å². The van der Waals surface area contributed by atoms with Gasteiger partial charge in [0.25, 0.3) is 0 Å². The third-order valence-electron chi connectivity index (χ3n) is 1.63. The fourth-order valence-corrected chi connectivity index (χ4v) is 2.34. The van der Waals surface area contributed by atoms with Gasteiger partial charge in [-0.3, -0.25) is 0 Å². The summed E-state index contributed by atoms with van der Waals surface area (Å²) in [5.41, 5.74) is -0.197. The van der Waals surface area contributed by atoms with Gasteiger partial charge in [-0.2, -0.15) is 0 Å². The van der Waals surface area contributed by atoms with E-state index in [1.807, 2.05) is 20.8 Å². The van der Waals surface area contributed by atoms with E-state index in [1.54, 1.807) is 0 Å². The molecule has 13 heavy (non-hydrogen) atoms. The summed E-state index contributed by atoms with van der Waals surface area (Å²) in [6.45, 7) is 14.1. The van der Waals surface area contributed by atoms with Gasteiger partial charge in [-0.1, -0.05) is 24.4 Å². The van der Waals surface area contributed by atoms with E-state index in [4.69, 9.17) is 8.53 Å². The van der Waals surface area contributed by atoms with E-state index in [-0.39, 0.29) is 5.60 Å². The third-order valence-corrected chi connectivity index (χ3v) is 4.05. The molecule has 0 saturated carbocycles. The van der Waals surface area contributed by atoms with Crippen molar-refractivity contribution in [3.8, 4) is 0 Å². The van der Waals surface area contributed by atoms with Crippen LogP contribution < -0.4 is 0 Å². The van der Waals surface area contributed by atoms with Gasteiger partial charge in [0, 0.05) is 0 Å². The van der Waals surface area contributed by atoms with E-state index < -0.39 is 14.5 Å². The Balaban J connectivity index is 3.86. The summed E-state index contributed by atoms with van der Waals surface area (Å²) >= 11 is -1.06. The number of hydrogen-bond donors (Lipinski definition) is 0. The van der Waals surface area contributed by atoms with Crippen molar-refractivity contribution in [2.24, 2.45) is 0 Å². The van der Waals surface area contributed by atoms with Crippen LogP contribution in [0.4, 0.5) is 0 Å². The van der Waals surface area contributed by atoms with Crippen molar-refractivity contribution in [1.29, 1.82) is 0 Å². The molecule has 0 atom stereocenters. The van der Waals surface area contributed by atoms with Gasteiger partial charge in [0.1, 0.15) is 5.60 Å². The summed E-state index contributed by atoms with van der Waals surface area (Å²) in [4.78, 5) is 0. The predicted octanol–water partition coefficient (Wildman–Crippen LogP) is 3.32. The molecule has 76 valence electrons. The summed E-state index contributed by atoms with van der Waals surface area (Å²) in [5, 5.41) is 2.26. The molecule has 0 spiro atoms. The van der Waals surface area contributed by atoms with Crippen molar-refractivity contribution >= 4 is 14.5 Å². The first-order valence-electron chi connectivity index (χ1n) is 4.93. The molecule has 2 nitrogen and oxygen atoms in total. The fourth-order valence-electron chi connectivity index (χ4n) is 1.01. The molecule has 0 radical (unpaired) electrons. The lowest BCUT2D eigenvalue weighted by molar-refractivity contribution is -0.00563. The van der Waals surface area contributed by atoms with E-state index in [9.17, 15) is 0 Å². The maximum atomic E-state index is 5.65. The van der Waals surface area contributed by atoms with Gasteiger partial charge in [-0.05, 0) is 27.4 Å². The highest BCUT2D eigenvalue weighted by Crippen LogP contribution is 2.15. The second kappa shape index (κ2) is 5.57. The van der Waals surface area contributed by atoms with Crippen LogP contribution in [-0.2, 0) is 8.53 Å². The monoisotopic (exact) mass is 200 g/mol. The van der Waals surface area contributed by atoms with Gasteiger partial charge < -0.3 is 8.53 Å². The van der Waals surface area contributed by atoms with Gasteiger partial charge in [0.2, 0.25) is 5.95 Å². The Labute approximate surface area is 86.6 Å². The van der Waals surface area contributed by atoms with Crippen LogP contribution >= 0.6 is 0 Å². The molecule has 0 heterocycles. The Morgan fingerprint density at radius 3 is 2.00 bits per heavy atom. The molecule has 0 aliphatic rings. The number of rotatable bonds is 5. The Morgan fingerprint density at radius 1 is 1.23 bits per heavy atom. The Morgan fingerprint density at radius 2 is 1.69 bits per heavy atom.